The second kappa shape index (κ2) is 7.01. The molecule has 0 bridgehead atoms. The quantitative estimate of drug-likeness (QED) is 0.756. The lowest BCUT2D eigenvalue weighted by Gasteiger charge is -2.40. The van der Waals surface area contributed by atoms with E-state index in [4.69, 9.17) is 4.52 Å². The summed E-state index contributed by atoms with van der Waals surface area (Å²) in [7, 11) is -3.18. The summed E-state index contributed by atoms with van der Waals surface area (Å²) in [6.07, 6.45) is 5.70. The van der Waals surface area contributed by atoms with E-state index in [0.29, 0.717) is 50.7 Å². The summed E-state index contributed by atoms with van der Waals surface area (Å²) in [5, 5.41) is 3.99. The molecular weight excluding hydrogens is 370 g/mol. The predicted molar refractivity (Wildman–Crippen MR) is 96.0 cm³/mol. The highest BCUT2D eigenvalue weighted by Gasteiger charge is 2.39. The molecule has 2 aromatic rings. The Morgan fingerprint density at radius 2 is 2.00 bits per heavy atom. The first kappa shape index (κ1) is 18.1. The maximum atomic E-state index is 12.6. The molecule has 9 nitrogen and oxygen atoms in total. The smallest absolute Gasteiger partial charge is 0.233 e. The standard InChI is InChI=1S/C17H21N5O4S/c1-27(24,25)22-7-4-12(5-8-22)17(23)21-10-14(11-21)16-19-15(20-26-16)13-3-2-6-18-9-13/h2-3,6,9,12,14H,4-5,7-8,10-11H2,1H3. The zero-order valence-corrected chi connectivity index (χ0v) is 15.8. The van der Waals surface area contributed by atoms with Gasteiger partial charge >= 0.3 is 0 Å². The van der Waals surface area contributed by atoms with Gasteiger partial charge in [0.2, 0.25) is 27.6 Å². The molecule has 4 heterocycles. The number of carbonyl (C=O) groups excluding carboxylic acids is 1. The van der Waals surface area contributed by atoms with Crippen LogP contribution in [-0.2, 0) is 14.8 Å². The highest BCUT2D eigenvalue weighted by atomic mass is 32.2. The number of piperidine rings is 1. The number of nitrogens with zero attached hydrogens (tertiary/aromatic N) is 5. The Bertz CT molecular complexity index is 916. The zero-order valence-electron chi connectivity index (χ0n) is 15.0. The molecule has 2 aliphatic rings. The summed E-state index contributed by atoms with van der Waals surface area (Å²) in [5.74, 6) is 1.05. The minimum Gasteiger partial charge on any atom is -0.341 e. The van der Waals surface area contributed by atoms with E-state index in [9.17, 15) is 13.2 Å². The van der Waals surface area contributed by atoms with Crippen molar-refractivity contribution in [2.45, 2.75) is 18.8 Å². The van der Waals surface area contributed by atoms with Gasteiger partial charge in [-0.1, -0.05) is 5.16 Å². The Labute approximate surface area is 157 Å². The second-order valence-electron chi connectivity index (χ2n) is 7.07. The van der Waals surface area contributed by atoms with Crippen LogP contribution < -0.4 is 0 Å². The fourth-order valence-electron chi connectivity index (χ4n) is 3.52. The van der Waals surface area contributed by atoms with E-state index in [0.717, 1.165) is 5.56 Å². The van der Waals surface area contributed by atoms with Gasteiger partial charge in [0.25, 0.3) is 0 Å². The normalized spacial score (nSPS) is 19.8. The van der Waals surface area contributed by atoms with Crippen LogP contribution >= 0.6 is 0 Å². The molecule has 0 aromatic carbocycles. The van der Waals surface area contributed by atoms with E-state index in [-0.39, 0.29) is 17.7 Å². The molecule has 10 heteroatoms. The number of pyridine rings is 1. The summed E-state index contributed by atoms with van der Waals surface area (Å²) in [5.41, 5.74) is 0.789. The average molecular weight is 391 g/mol. The molecule has 0 unspecified atom stereocenters. The third-order valence-corrected chi connectivity index (χ3v) is 6.48. The van der Waals surface area contributed by atoms with Gasteiger partial charge in [0.05, 0.1) is 12.2 Å². The molecule has 2 saturated heterocycles. The van der Waals surface area contributed by atoms with E-state index >= 15 is 0 Å². The minimum atomic E-state index is -3.18. The van der Waals surface area contributed by atoms with Crippen LogP contribution in [0.4, 0.5) is 0 Å². The number of likely N-dealkylation sites (tertiary alicyclic amines) is 1. The number of rotatable bonds is 4. The number of hydrogen-bond donors (Lipinski definition) is 0. The van der Waals surface area contributed by atoms with E-state index in [1.165, 1.54) is 10.6 Å². The van der Waals surface area contributed by atoms with Crippen molar-refractivity contribution in [3.05, 3.63) is 30.4 Å². The molecule has 144 valence electrons. The van der Waals surface area contributed by atoms with Gasteiger partial charge in [0, 0.05) is 50.1 Å². The van der Waals surface area contributed by atoms with Crippen LogP contribution in [0.1, 0.15) is 24.7 Å². The lowest BCUT2D eigenvalue weighted by Crippen LogP contribution is -2.52. The average Bonchev–Trinajstić information content (AvgIpc) is 3.10. The molecule has 2 fully saturated rings. The van der Waals surface area contributed by atoms with Gasteiger partial charge < -0.3 is 9.42 Å². The van der Waals surface area contributed by atoms with Crippen LogP contribution in [0.5, 0.6) is 0 Å². The van der Waals surface area contributed by atoms with Gasteiger partial charge in [0.1, 0.15) is 0 Å². The van der Waals surface area contributed by atoms with Crippen LogP contribution in [0.2, 0.25) is 0 Å². The molecule has 0 atom stereocenters. The molecule has 4 rings (SSSR count). The monoisotopic (exact) mass is 391 g/mol. The van der Waals surface area contributed by atoms with Gasteiger partial charge in [0.15, 0.2) is 0 Å². The molecule has 0 aliphatic carbocycles. The van der Waals surface area contributed by atoms with E-state index < -0.39 is 10.0 Å². The lowest BCUT2D eigenvalue weighted by molar-refractivity contribution is -0.141. The van der Waals surface area contributed by atoms with Gasteiger partial charge in [-0.2, -0.15) is 4.98 Å². The van der Waals surface area contributed by atoms with Crippen molar-refractivity contribution in [1.82, 2.24) is 24.3 Å². The van der Waals surface area contributed by atoms with Crippen molar-refractivity contribution < 1.29 is 17.7 Å². The minimum absolute atomic E-state index is 0.0444. The number of hydrogen-bond acceptors (Lipinski definition) is 7. The number of carbonyl (C=O) groups is 1. The summed E-state index contributed by atoms with van der Waals surface area (Å²) in [4.78, 5) is 22.9. The van der Waals surface area contributed by atoms with Crippen molar-refractivity contribution >= 4 is 15.9 Å². The second-order valence-corrected chi connectivity index (χ2v) is 9.06. The Morgan fingerprint density at radius 3 is 2.63 bits per heavy atom. The molecule has 2 aliphatic heterocycles. The highest BCUT2D eigenvalue weighted by Crippen LogP contribution is 2.30. The Hall–Kier alpha value is -2.33. The molecule has 1 amide bonds. The Morgan fingerprint density at radius 1 is 1.26 bits per heavy atom. The van der Waals surface area contributed by atoms with Gasteiger partial charge in [-0.15, -0.1) is 0 Å². The molecule has 2 aromatic heterocycles. The maximum Gasteiger partial charge on any atom is 0.233 e. The summed E-state index contributed by atoms with van der Waals surface area (Å²) >= 11 is 0. The highest BCUT2D eigenvalue weighted by molar-refractivity contribution is 7.88. The largest absolute Gasteiger partial charge is 0.341 e. The van der Waals surface area contributed by atoms with Gasteiger partial charge in [-0.25, -0.2) is 12.7 Å². The van der Waals surface area contributed by atoms with E-state index in [2.05, 4.69) is 15.1 Å². The number of aromatic nitrogens is 3. The predicted octanol–water partition coefficient (Wildman–Crippen LogP) is 0.729. The van der Waals surface area contributed by atoms with Crippen molar-refractivity contribution in [1.29, 1.82) is 0 Å². The van der Waals surface area contributed by atoms with Gasteiger partial charge in [-0.3, -0.25) is 9.78 Å². The van der Waals surface area contributed by atoms with Crippen LogP contribution in [0.3, 0.4) is 0 Å². The molecule has 0 spiro atoms. The van der Waals surface area contributed by atoms with Crippen LogP contribution in [0, 0.1) is 5.92 Å². The molecular formula is C17H21N5O4S. The maximum absolute atomic E-state index is 12.6. The number of sulfonamides is 1. The molecule has 0 radical (unpaired) electrons. The number of amides is 1. The molecule has 0 N–H and O–H groups in total. The van der Waals surface area contributed by atoms with Gasteiger partial charge in [-0.05, 0) is 25.0 Å². The van der Waals surface area contributed by atoms with Crippen molar-refractivity contribution in [3.63, 3.8) is 0 Å². The lowest BCUT2D eigenvalue weighted by atomic mass is 9.92. The first-order valence-corrected chi connectivity index (χ1v) is 10.7. The van der Waals surface area contributed by atoms with Crippen LogP contribution in [0.25, 0.3) is 11.4 Å². The Balaban J connectivity index is 1.31. The topological polar surface area (TPSA) is 110 Å². The summed E-state index contributed by atoms with van der Waals surface area (Å²) < 4.78 is 29.9. The SMILES string of the molecule is CS(=O)(=O)N1CCC(C(=O)N2CC(c3nc(-c4cccnc4)no3)C2)CC1. The van der Waals surface area contributed by atoms with Crippen molar-refractivity contribution in [2.24, 2.45) is 5.92 Å². The van der Waals surface area contributed by atoms with Crippen molar-refractivity contribution in [3.8, 4) is 11.4 Å². The van der Waals surface area contributed by atoms with E-state index in [1.807, 2.05) is 12.1 Å². The summed E-state index contributed by atoms with van der Waals surface area (Å²) in [6, 6.07) is 3.67. The zero-order chi connectivity index (χ0) is 19.0. The third-order valence-electron chi connectivity index (χ3n) is 5.18. The molecule has 0 saturated carbocycles. The molecule has 27 heavy (non-hydrogen) atoms. The third kappa shape index (κ3) is 3.72. The first-order valence-electron chi connectivity index (χ1n) is 8.90. The van der Waals surface area contributed by atoms with Crippen molar-refractivity contribution in [2.75, 3.05) is 32.4 Å². The van der Waals surface area contributed by atoms with E-state index in [1.54, 1.807) is 17.3 Å². The first-order chi connectivity index (χ1) is 12.9. The fraction of sp³-hybridized carbons (Fsp3) is 0.529. The van der Waals surface area contributed by atoms with Crippen LogP contribution in [0.15, 0.2) is 29.0 Å². The Kier molecular flexibility index (Phi) is 4.68. The van der Waals surface area contributed by atoms with Crippen LogP contribution in [-0.4, -0.2) is 71.1 Å². The summed E-state index contributed by atoms with van der Waals surface area (Å²) in [6.45, 7) is 1.93. The fourth-order valence-corrected chi connectivity index (χ4v) is 4.39.